The number of carbonyl (C=O) groups excluding carboxylic acids is 4. The summed E-state index contributed by atoms with van der Waals surface area (Å²) in [6.07, 6.45) is 1.62. The number of Topliss-reactive ketones (excluding diaryl/α,β-unsaturated/α-hetero) is 1. The highest BCUT2D eigenvalue weighted by Crippen LogP contribution is 2.24. The van der Waals surface area contributed by atoms with E-state index in [9.17, 15) is 29.3 Å². The lowest BCUT2D eigenvalue weighted by molar-refractivity contribution is -0.384. The van der Waals surface area contributed by atoms with Crippen LogP contribution in [0.1, 0.15) is 40.2 Å². The maximum atomic E-state index is 12.3. The molecule has 4 rings (SSSR count). The molecule has 0 saturated heterocycles. The number of carbonyl (C=O) groups is 4. The lowest BCUT2D eigenvalue weighted by Crippen LogP contribution is -2.15. The van der Waals surface area contributed by atoms with Crippen LogP contribution >= 0.6 is 0 Å². The van der Waals surface area contributed by atoms with E-state index >= 15 is 0 Å². The van der Waals surface area contributed by atoms with Crippen LogP contribution in [0.4, 0.5) is 11.4 Å². The zero-order chi connectivity index (χ0) is 29.2. The van der Waals surface area contributed by atoms with Gasteiger partial charge in [-0.15, -0.1) is 0 Å². The van der Waals surface area contributed by atoms with Crippen molar-refractivity contribution in [1.82, 2.24) is 0 Å². The SMILES string of the molecule is O=C(CCCC(=O)OCC(=O)c1ccc(OC(=O)c2ccco2)cc1)Nc1ccc(-c2ccc([N+](=O)[O-])cc2)cc1. The molecule has 0 radical (unpaired) electrons. The Morgan fingerprint density at radius 1 is 0.829 bits per heavy atom. The van der Waals surface area contributed by atoms with Crippen LogP contribution in [0.3, 0.4) is 0 Å². The van der Waals surface area contributed by atoms with Gasteiger partial charge in [0.2, 0.25) is 11.7 Å². The van der Waals surface area contributed by atoms with E-state index in [4.69, 9.17) is 13.9 Å². The monoisotopic (exact) mass is 556 g/mol. The summed E-state index contributed by atoms with van der Waals surface area (Å²) in [4.78, 5) is 58.8. The number of non-ortho nitro benzene ring substituents is 1. The fourth-order valence-corrected chi connectivity index (χ4v) is 3.70. The van der Waals surface area contributed by atoms with Crippen molar-refractivity contribution in [3.8, 4) is 16.9 Å². The predicted molar refractivity (Wildman–Crippen MR) is 146 cm³/mol. The zero-order valence-corrected chi connectivity index (χ0v) is 21.6. The maximum absolute atomic E-state index is 12.3. The van der Waals surface area contributed by atoms with Crippen LogP contribution in [-0.4, -0.2) is 35.2 Å². The quantitative estimate of drug-likeness (QED) is 0.0770. The lowest BCUT2D eigenvalue weighted by Gasteiger charge is -2.08. The van der Waals surface area contributed by atoms with Gasteiger partial charge in [-0.05, 0) is 78.2 Å². The molecule has 1 heterocycles. The molecule has 0 aliphatic heterocycles. The molecule has 208 valence electrons. The third-order valence-corrected chi connectivity index (χ3v) is 5.84. The molecule has 11 nitrogen and oxygen atoms in total. The van der Waals surface area contributed by atoms with Crippen LogP contribution in [0.2, 0.25) is 0 Å². The van der Waals surface area contributed by atoms with Gasteiger partial charge in [0.1, 0.15) is 5.75 Å². The molecule has 0 spiro atoms. The van der Waals surface area contributed by atoms with Crippen LogP contribution in [-0.2, 0) is 14.3 Å². The maximum Gasteiger partial charge on any atom is 0.379 e. The molecule has 1 aromatic heterocycles. The van der Waals surface area contributed by atoms with Gasteiger partial charge in [0, 0.05) is 36.2 Å². The number of anilines is 1. The smallest absolute Gasteiger partial charge is 0.379 e. The fraction of sp³-hybridized carbons (Fsp3) is 0.133. The molecule has 4 aromatic rings. The van der Waals surface area contributed by atoms with E-state index in [0.29, 0.717) is 5.69 Å². The number of hydrogen-bond donors (Lipinski definition) is 1. The van der Waals surface area contributed by atoms with Gasteiger partial charge in [0.25, 0.3) is 5.69 Å². The van der Waals surface area contributed by atoms with Crippen molar-refractivity contribution >= 4 is 35.0 Å². The Kier molecular flexibility index (Phi) is 9.34. The second-order valence-corrected chi connectivity index (χ2v) is 8.76. The van der Waals surface area contributed by atoms with Crippen LogP contribution in [0, 0.1) is 10.1 Å². The molecule has 0 aliphatic carbocycles. The predicted octanol–water partition coefficient (Wildman–Crippen LogP) is 5.61. The summed E-state index contributed by atoms with van der Waals surface area (Å²) >= 11 is 0. The van der Waals surface area contributed by atoms with Crippen molar-refractivity contribution in [2.24, 2.45) is 0 Å². The number of furan rings is 1. The number of nitrogens with zero attached hydrogens (tertiary/aromatic N) is 1. The minimum absolute atomic E-state index is 0.00576. The standard InChI is InChI=1S/C30H24N2O9/c33-26(22-10-16-25(17-11-22)41-30(36)27-3-2-18-39-27)19-40-29(35)5-1-4-28(34)31-23-12-6-20(7-13-23)21-8-14-24(15-9-21)32(37)38/h2-3,6-18H,1,4-5,19H2,(H,31,34). The Morgan fingerprint density at radius 2 is 1.49 bits per heavy atom. The summed E-state index contributed by atoms with van der Waals surface area (Å²) in [7, 11) is 0. The molecule has 0 fully saturated rings. The second-order valence-electron chi connectivity index (χ2n) is 8.76. The third-order valence-electron chi connectivity index (χ3n) is 5.84. The molecule has 0 atom stereocenters. The Labute approximate surface area is 233 Å². The molecule has 3 aromatic carbocycles. The molecule has 0 unspecified atom stereocenters. The molecular formula is C30H24N2O9. The second kappa shape index (κ2) is 13.5. The summed E-state index contributed by atoms with van der Waals surface area (Å²) in [6, 6.07) is 21.9. The first-order valence-corrected chi connectivity index (χ1v) is 12.5. The van der Waals surface area contributed by atoms with Crippen LogP contribution < -0.4 is 10.1 Å². The van der Waals surface area contributed by atoms with E-state index in [-0.39, 0.29) is 47.9 Å². The summed E-state index contributed by atoms with van der Waals surface area (Å²) in [5.74, 6) is -1.73. The first kappa shape index (κ1) is 28.4. The summed E-state index contributed by atoms with van der Waals surface area (Å²) < 4.78 is 15.1. The van der Waals surface area contributed by atoms with E-state index in [2.05, 4.69) is 5.32 Å². The molecule has 41 heavy (non-hydrogen) atoms. The van der Waals surface area contributed by atoms with Crippen molar-refractivity contribution in [1.29, 1.82) is 0 Å². The molecule has 11 heteroatoms. The number of esters is 2. The van der Waals surface area contributed by atoms with Crippen LogP contribution in [0.25, 0.3) is 11.1 Å². The van der Waals surface area contributed by atoms with Gasteiger partial charge < -0.3 is 19.2 Å². The Morgan fingerprint density at radius 3 is 2.10 bits per heavy atom. The van der Waals surface area contributed by atoms with Gasteiger partial charge in [0.05, 0.1) is 11.2 Å². The Hall–Kier alpha value is -5.58. The van der Waals surface area contributed by atoms with Crippen LogP contribution in [0.5, 0.6) is 5.75 Å². The minimum atomic E-state index is -0.672. The molecule has 1 amide bonds. The first-order chi connectivity index (χ1) is 19.8. The van der Waals surface area contributed by atoms with Crippen LogP contribution in [0.15, 0.2) is 95.6 Å². The lowest BCUT2D eigenvalue weighted by atomic mass is 10.1. The van der Waals surface area contributed by atoms with Gasteiger partial charge in [-0.2, -0.15) is 0 Å². The summed E-state index contributed by atoms with van der Waals surface area (Å²) in [5, 5.41) is 13.5. The van der Waals surface area contributed by atoms with E-state index in [1.165, 1.54) is 48.7 Å². The number of hydrogen-bond acceptors (Lipinski definition) is 9. The van der Waals surface area contributed by atoms with Gasteiger partial charge in [-0.1, -0.05) is 12.1 Å². The number of ketones is 1. The minimum Gasteiger partial charge on any atom is -0.457 e. The van der Waals surface area contributed by atoms with Crippen molar-refractivity contribution in [3.05, 3.63) is 113 Å². The fourth-order valence-electron chi connectivity index (χ4n) is 3.70. The van der Waals surface area contributed by atoms with E-state index in [1.807, 2.05) is 0 Å². The Bertz CT molecular complexity index is 1530. The molecular weight excluding hydrogens is 532 g/mol. The average molecular weight is 557 g/mol. The van der Waals surface area contributed by atoms with Gasteiger partial charge in [0.15, 0.2) is 12.4 Å². The topological polar surface area (TPSA) is 155 Å². The molecule has 1 N–H and O–H groups in total. The number of amides is 1. The van der Waals surface area contributed by atoms with Crippen molar-refractivity contribution < 1.29 is 38.0 Å². The number of rotatable bonds is 12. The largest absolute Gasteiger partial charge is 0.457 e. The van der Waals surface area contributed by atoms with E-state index < -0.39 is 29.3 Å². The van der Waals surface area contributed by atoms with Gasteiger partial charge >= 0.3 is 11.9 Å². The molecule has 0 saturated carbocycles. The van der Waals surface area contributed by atoms with Gasteiger partial charge in [-0.3, -0.25) is 24.5 Å². The highest BCUT2D eigenvalue weighted by molar-refractivity contribution is 5.98. The number of nitro groups is 1. The normalized spacial score (nSPS) is 10.4. The zero-order valence-electron chi connectivity index (χ0n) is 21.6. The van der Waals surface area contributed by atoms with Crippen molar-refractivity contribution in [2.45, 2.75) is 19.3 Å². The summed E-state index contributed by atoms with van der Waals surface area (Å²) in [5.41, 5.74) is 2.48. The van der Waals surface area contributed by atoms with Crippen molar-refractivity contribution in [2.75, 3.05) is 11.9 Å². The molecule has 0 bridgehead atoms. The van der Waals surface area contributed by atoms with Crippen molar-refractivity contribution in [3.63, 3.8) is 0 Å². The molecule has 0 aliphatic rings. The number of nitrogens with one attached hydrogen (secondary N) is 1. The highest BCUT2D eigenvalue weighted by Gasteiger charge is 2.14. The van der Waals surface area contributed by atoms with E-state index in [1.54, 1.807) is 42.5 Å². The average Bonchev–Trinajstić information content (AvgIpc) is 3.52. The number of benzene rings is 3. The van der Waals surface area contributed by atoms with E-state index in [0.717, 1.165) is 11.1 Å². The van der Waals surface area contributed by atoms with Gasteiger partial charge in [-0.25, -0.2) is 4.79 Å². The summed E-state index contributed by atoms with van der Waals surface area (Å²) in [6.45, 7) is -0.461. The first-order valence-electron chi connectivity index (χ1n) is 12.5. The number of ether oxygens (including phenoxy) is 2. The Balaban J connectivity index is 1.14. The highest BCUT2D eigenvalue weighted by atomic mass is 16.6. The number of nitro benzene ring substituents is 1. The third kappa shape index (κ3) is 8.20.